The highest BCUT2D eigenvalue weighted by molar-refractivity contribution is 5.05. The molecule has 2 heteroatoms. The van der Waals surface area contributed by atoms with Crippen LogP contribution in [-0.2, 0) is 0 Å². The quantitative estimate of drug-likeness (QED) is 0.749. The summed E-state index contributed by atoms with van der Waals surface area (Å²) in [5.41, 5.74) is 6.93. The lowest BCUT2D eigenvalue weighted by Crippen LogP contribution is -2.40. The van der Waals surface area contributed by atoms with Crippen molar-refractivity contribution in [2.75, 3.05) is 13.1 Å². The van der Waals surface area contributed by atoms with Gasteiger partial charge in [0.05, 0.1) is 0 Å². The maximum absolute atomic E-state index is 6.18. The van der Waals surface area contributed by atoms with Crippen molar-refractivity contribution in [2.45, 2.75) is 57.4 Å². The Bertz CT molecular complexity index is 243. The molecule has 0 spiro atoms. The van der Waals surface area contributed by atoms with E-state index in [1.165, 1.54) is 64.5 Å². The van der Waals surface area contributed by atoms with Crippen molar-refractivity contribution in [3.63, 3.8) is 0 Å². The van der Waals surface area contributed by atoms with Crippen LogP contribution in [0.25, 0.3) is 0 Å². The minimum atomic E-state index is 0.470. The summed E-state index contributed by atoms with van der Waals surface area (Å²) in [6.45, 7) is 2.45. The third kappa shape index (κ3) is 2.28. The van der Waals surface area contributed by atoms with Crippen LogP contribution >= 0.6 is 0 Å². The summed E-state index contributed by atoms with van der Waals surface area (Å²) in [4.78, 5) is 0. The predicted octanol–water partition coefficient (Wildman–Crippen LogP) is 2.28. The summed E-state index contributed by atoms with van der Waals surface area (Å²) >= 11 is 0. The topological polar surface area (TPSA) is 38.0 Å². The van der Waals surface area contributed by atoms with Crippen LogP contribution in [0.5, 0.6) is 0 Å². The Morgan fingerprint density at radius 2 is 1.81 bits per heavy atom. The van der Waals surface area contributed by atoms with E-state index in [4.69, 9.17) is 5.73 Å². The Balaban J connectivity index is 1.39. The molecule has 3 N–H and O–H groups in total. The molecular formula is C14H26N2. The standard InChI is InChI=1S/C14H26N2/c15-13-4-2-1-3-11(13)9-16-10-14(7-8-14)12-5-6-12/h11-13,16H,1-10,15H2. The van der Waals surface area contributed by atoms with Gasteiger partial charge in [0, 0.05) is 12.6 Å². The Morgan fingerprint density at radius 1 is 1.06 bits per heavy atom. The van der Waals surface area contributed by atoms with E-state index in [0.717, 1.165) is 17.3 Å². The fourth-order valence-electron chi connectivity index (χ4n) is 3.58. The van der Waals surface area contributed by atoms with Crippen molar-refractivity contribution >= 4 is 0 Å². The van der Waals surface area contributed by atoms with Crippen molar-refractivity contribution < 1.29 is 0 Å². The van der Waals surface area contributed by atoms with Crippen LogP contribution in [0.4, 0.5) is 0 Å². The van der Waals surface area contributed by atoms with Crippen molar-refractivity contribution in [1.29, 1.82) is 0 Å². The van der Waals surface area contributed by atoms with E-state index in [1.54, 1.807) is 0 Å². The molecule has 16 heavy (non-hydrogen) atoms. The van der Waals surface area contributed by atoms with Crippen LogP contribution < -0.4 is 11.1 Å². The summed E-state index contributed by atoms with van der Waals surface area (Å²) < 4.78 is 0. The third-order valence-electron chi connectivity index (χ3n) is 5.19. The third-order valence-corrected chi connectivity index (χ3v) is 5.19. The second-order valence-electron chi connectivity index (χ2n) is 6.48. The van der Waals surface area contributed by atoms with Gasteiger partial charge in [-0.2, -0.15) is 0 Å². The molecular weight excluding hydrogens is 196 g/mol. The van der Waals surface area contributed by atoms with Crippen molar-refractivity contribution in [2.24, 2.45) is 23.0 Å². The van der Waals surface area contributed by atoms with Gasteiger partial charge in [0.15, 0.2) is 0 Å². The molecule has 0 heterocycles. The highest BCUT2D eigenvalue weighted by atomic mass is 14.9. The zero-order chi connectivity index (χ0) is 11.0. The highest BCUT2D eigenvalue weighted by Crippen LogP contribution is 2.60. The van der Waals surface area contributed by atoms with Gasteiger partial charge >= 0.3 is 0 Å². The molecule has 0 amide bonds. The van der Waals surface area contributed by atoms with E-state index in [-0.39, 0.29) is 0 Å². The molecule has 2 unspecified atom stereocenters. The highest BCUT2D eigenvalue weighted by Gasteiger charge is 2.53. The van der Waals surface area contributed by atoms with Gasteiger partial charge in [-0.05, 0) is 62.3 Å². The number of hydrogen-bond donors (Lipinski definition) is 2. The van der Waals surface area contributed by atoms with Crippen LogP contribution in [0.2, 0.25) is 0 Å². The van der Waals surface area contributed by atoms with E-state index in [1.807, 2.05) is 0 Å². The molecule has 0 bridgehead atoms. The van der Waals surface area contributed by atoms with E-state index >= 15 is 0 Å². The first-order valence-electron chi connectivity index (χ1n) is 7.26. The summed E-state index contributed by atoms with van der Waals surface area (Å²) in [6, 6.07) is 0.470. The van der Waals surface area contributed by atoms with E-state index in [9.17, 15) is 0 Å². The second kappa shape index (κ2) is 4.30. The molecule has 3 rings (SSSR count). The molecule has 0 saturated heterocycles. The zero-order valence-electron chi connectivity index (χ0n) is 10.4. The van der Waals surface area contributed by atoms with Gasteiger partial charge in [0.2, 0.25) is 0 Å². The fourth-order valence-corrected chi connectivity index (χ4v) is 3.58. The molecule has 3 aliphatic carbocycles. The van der Waals surface area contributed by atoms with Crippen LogP contribution in [0, 0.1) is 17.3 Å². The van der Waals surface area contributed by atoms with Gasteiger partial charge in [-0.15, -0.1) is 0 Å². The molecule has 3 saturated carbocycles. The van der Waals surface area contributed by atoms with Gasteiger partial charge in [0.25, 0.3) is 0 Å². The van der Waals surface area contributed by atoms with Crippen molar-refractivity contribution in [3.05, 3.63) is 0 Å². The smallest absolute Gasteiger partial charge is 0.00792 e. The number of nitrogens with one attached hydrogen (secondary N) is 1. The Morgan fingerprint density at radius 3 is 2.44 bits per heavy atom. The number of nitrogens with two attached hydrogens (primary N) is 1. The predicted molar refractivity (Wildman–Crippen MR) is 67.2 cm³/mol. The SMILES string of the molecule is NC1CCCCC1CNCC1(C2CC2)CC1. The Kier molecular flexibility index (Phi) is 2.97. The summed E-state index contributed by atoms with van der Waals surface area (Å²) in [5.74, 6) is 1.84. The minimum absolute atomic E-state index is 0.470. The van der Waals surface area contributed by atoms with Gasteiger partial charge in [-0.25, -0.2) is 0 Å². The van der Waals surface area contributed by atoms with Gasteiger partial charge in [-0.1, -0.05) is 12.8 Å². The lowest BCUT2D eigenvalue weighted by Gasteiger charge is -2.29. The molecule has 0 radical (unpaired) electrons. The molecule has 3 aliphatic rings. The fraction of sp³-hybridized carbons (Fsp3) is 1.00. The van der Waals surface area contributed by atoms with E-state index < -0.39 is 0 Å². The second-order valence-corrected chi connectivity index (χ2v) is 6.48. The zero-order valence-corrected chi connectivity index (χ0v) is 10.4. The molecule has 0 aromatic rings. The van der Waals surface area contributed by atoms with Gasteiger partial charge < -0.3 is 11.1 Å². The minimum Gasteiger partial charge on any atom is -0.327 e. The first-order valence-corrected chi connectivity index (χ1v) is 7.26. The Labute approximate surface area is 99.4 Å². The molecule has 0 aliphatic heterocycles. The summed E-state index contributed by atoms with van der Waals surface area (Å²) in [7, 11) is 0. The average Bonchev–Trinajstić information content (AvgIpc) is 3.15. The maximum atomic E-state index is 6.18. The molecule has 2 atom stereocenters. The summed E-state index contributed by atoms with van der Waals surface area (Å²) in [5, 5.41) is 3.73. The Hall–Kier alpha value is -0.0800. The first kappa shape index (κ1) is 11.0. The maximum Gasteiger partial charge on any atom is 0.00792 e. The molecule has 92 valence electrons. The number of hydrogen-bond acceptors (Lipinski definition) is 2. The van der Waals surface area contributed by atoms with Crippen molar-refractivity contribution in [1.82, 2.24) is 5.32 Å². The van der Waals surface area contributed by atoms with E-state index in [0.29, 0.717) is 6.04 Å². The summed E-state index contributed by atoms with van der Waals surface area (Å²) in [6.07, 6.45) is 11.3. The number of rotatable bonds is 5. The van der Waals surface area contributed by atoms with Crippen LogP contribution in [0.3, 0.4) is 0 Å². The van der Waals surface area contributed by atoms with Gasteiger partial charge in [-0.3, -0.25) is 0 Å². The monoisotopic (exact) mass is 222 g/mol. The van der Waals surface area contributed by atoms with Crippen LogP contribution in [0.15, 0.2) is 0 Å². The van der Waals surface area contributed by atoms with E-state index in [2.05, 4.69) is 5.32 Å². The van der Waals surface area contributed by atoms with Crippen LogP contribution in [0.1, 0.15) is 51.4 Å². The average molecular weight is 222 g/mol. The normalized spacial score (nSPS) is 37.3. The lowest BCUT2D eigenvalue weighted by molar-refractivity contribution is 0.283. The van der Waals surface area contributed by atoms with Crippen molar-refractivity contribution in [3.8, 4) is 0 Å². The lowest BCUT2D eigenvalue weighted by atomic mass is 9.85. The largest absolute Gasteiger partial charge is 0.327 e. The molecule has 2 nitrogen and oxygen atoms in total. The first-order chi connectivity index (χ1) is 7.80. The molecule has 0 aromatic heterocycles. The molecule has 0 aromatic carbocycles. The van der Waals surface area contributed by atoms with Gasteiger partial charge in [0.1, 0.15) is 0 Å². The van der Waals surface area contributed by atoms with Crippen LogP contribution in [-0.4, -0.2) is 19.1 Å². The molecule has 3 fully saturated rings.